The van der Waals surface area contributed by atoms with E-state index in [1.165, 1.54) is 18.4 Å². The molecule has 3 aromatic rings. The fraction of sp³-hybridized carbons (Fsp3) is 0.125. The summed E-state index contributed by atoms with van der Waals surface area (Å²) in [7, 11) is -2.37. The number of amides is 1. The Kier molecular flexibility index (Phi) is 4.61. The number of aromatic nitrogens is 1. The fourth-order valence-electron chi connectivity index (χ4n) is 2.24. The molecule has 1 N–H and O–H groups in total. The third kappa shape index (κ3) is 3.45. The number of nitrogens with one attached hydrogen (secondary N) is 1. The second-order valence-electron chi connectivity index (χ2n) is 5.16. The van der Waals surface area contributed by atoms with Crippen molar-refractivity contribution >= 4 is 43.2 Å². The fourth-order valence-corrected chi connectivity index (χ4v) is 3.95. The van der Waals surface area contributed by atoms with Gasteiger partial charge in [0.05, 0.1) is 11.4 Å². The molecule has 6 nitrogen and oxygen atoms in total. The van der Waals surface area contributed by atoms with Gasteiger partial charge in [-0.1, -0.05) is 30.3 Å². The number of rotatable bonds is 5. The van der Waals surface area contributed by atoms with Crippen LogP contribution in [-0.4, -0.2) is 37.2 Å². The van der Waals surface area contributed by atoms with Gasteiger partial charge in [-0.15, -0.1) is 11.3 Å². The first-order valence-electron chi connectivity index (χ1n) is 7.11. The van der Waals surface area contributed by atoms with Crippen LogP contribution in [0.5, 0.6) is 0 Å². The minimum absolute atomic E-state index is 0.158. The van der Waals surface area contributed by atoms with Crippen molar-refractivity contribution in [2.75, 3.05) is 18.9 Å². The van der Waals surface area contributed by atoms with E-state index < -0.39 is 15.9 Å². The van der Waals surface area contributed by atoms with Crippen molar-refractivity contribution in [3.63, 3.8) is 0 Å². The Hall–Kier alpha value is -2.29. The van der Waals surface area contributed by atoms with Gasteiger partial charge in [0.15, 0.2) is 5.13 Å². The van der Waals surface area contributed by atoms with Crippen LogP contribution in [0.15, 0.2) is 58.9 Å². The molecule has 0 atom stereocenters. The Morgan fingerprint density at radius 2 is 1.96 bits per heavy atom. The van der Waals surface area contributed by atoms with Gasteiger partial charge in [0.1, 0.15) is 0 Å². The average Bonchev–Trinajstić information content (AvgIpc) is 3.07. The topological polar surface area (TPSA) is 79.4 Å². The molecule has 0 bridgehead atoms. The molecule has 0 fully saturated rings. The van der Waals surface area contributed by atoms with Crippen LogP contribution in [0.3, 0.4) is 0 Å². The number of nitrogens with zero attached hydrogens (tertiary/aromatic N) is 2. The number of anilines is 1. The Bertz CT molecular complexity index is 969. The van der Waals surface area contributed by atoms with Crippen LogP contribution >= 0.6 is 11.3 Å². The van der Waals surface area contributed by atoms with E-state index >= 15 is 0 Å². The lowest BCUT2D eigenvalue weighted by Gasteiger charge is -2.16. The molecule has 0 spiro atoms. The molecular formula is C16H15N3O3S2. The zero-order valence-corrected chi connectivity index (χ0v) is 14.5. The van der Waals surface area contributed by atoms with Gasteiger partial charge in [0.2, 0.25) is 15.9 Å². The minimum Gasteiger partial charge on any atom is -0.301 e. The summed E-state index contributed by atoms with van der Waals surface area (Å²) in [5.41, 5.74) is 0. The predicted octanol–water partition coefficient (Wildman–Crippen LogP) is 2.56. The molecule has 0 aliphatic heterocycles. The smallest absolute Gasteiger partial charge is 0.243 e. The molecule has 3 rings (SSSR count). The molecule has 0 radical (unpaired) electrons. The third-order valence-electron chi connectivity index (χ3n) is 3.47. The van der Waals surface area contributed by atoms with E-state index in [0.717, 1.165) is 15.1 Å². The Morgan fingerprint density at radius 1 is 1.21 bits per heavy atom. The number of likely N-dealkylation sites (N-methyl/N-ethyl adjacent to an activating group) is 1. The summed E-state index contributed by atoms with van der Waals surface area (Å²) < 4.78 is 26.3. The molecule has 1 amide bonds. The normalized spacial score (nSPS) is 11.8. The van der Waals surface area contributed by atoms with E-state index in [4.69, 9.17) is 0 Å². The van der Waals surface area contributed by atoms with E-state index in [1.54, 1.807) is 29.8 Å². The highest BCUT2D eigenvalue weighted by Crippen LogP contribution is 2.21. The number of thiazole rings is 1. The number of benzene rings is 2. The number of carbonyl (C=O) groups is 1. The summed E-state index contributed by atoms with van der Waals surface area (Å²) in [4.78, 5) is 16.1. The quantitative estimate of drug-likeness (QED) is 0.757. The summed E-state index contributed by atoms with van der Waals surface area (Å²) >= 11 is 1.27. The lowest BCUT2D eigenvalue weighted by molar-refractivity contribution is -0.116. The number of hydrogen-bond acceptors (Lipinski definition) is 5. The van der Waals surface area contributed by atoms with Gasteiger partial charge in [-0.25, -0.2) is 13.4 Å². The van der Waals surface area contributed by atoms with Crippen LogP contribution in [0.4, 0.5) is 5.13 Å². The van der Waals surface area contributed by atoms with Crippen molar-refractivity contribution < 1.29 is 13.2 Å². The molecule has 124 valence electrons. The molecular weight excluding hydrogens is 346 g/mol. The molecule has 0 aliphatic carbocycles. The molecule has 24 heavy (non-hydrogen) atoms. The summed E-state index contributed by atoms with van der Waals surface area (Å²) in [6.07, 6.45) is 1.57. The van der Waals surface area contributed by atoms with Crippen LogP contribution in [-0.2, 0) is 14.8 Å². The van der Waals surface area contributed by atoms with Crippen LogP contribution < -0.4 is 5.32 Å². The predicted molar refractivity (Wildman–Crippen MR) is 94.5 cm³/mol. The van der Waals surface area contributed by atoms with Gasteiger partial charge in [-0.3, -0.25) is 4.79 Å². The highest BCUT2D eigenvalue weighted by atomic mass is 32.2. The Balaban J connectivity index is 1.78. The summed E-state index contributed by atoms with van der Waals surface area (Å²) in [5.74, 6) is -0.434. The summed E-state index contributed by atoms with van der Waals surface area (Å²) in [6.45, 7) is -0.283. The zero-order chi connectivity index (χ0) is 17.2. The first-order chi connectivity index (χ1) is 11.5. The largest absolute Gasteiger partial charge is 0.301 e. The maximum Gasteiger partial charge on any atom is 0.243 e. The van der Waals surface area contributed by atoms with E-state index in [1.807, 2.05) is 24.3 Å². The monoisotopic (exact) mass is 361 g/mol. The van der Waals surface area contributed by atoms with Gasteiger partial charge in [0, 0.05) is 18.6 Å². The van der Waals surface area contributed by atoms with Crippen molar-refractivity contribution in [2.24, 2.45) is 0 Å². The minimum atomic E-state index is -3.75. The van der Waals surface area contributed by atoms with Gasteiger partial charge in [-0.05, 0) is 22.9 Å². The molecule has 1 aromatic heterocycles. The highest BCUT2D eigenvalue weighted by Gasteiger charge is 2.23. The first kappa shape index (κ1) is 16.6. The second kappa shape index (κ2) is 6.68. The number of hydrogen-bond donors (Lipinski definition) is 1. The van der Waals surface area contributed by atoms with E-state index in [2.05, 4.69) is 10.3 Å². The number of fused-ring (bicyclic) bond motifs is 1. The zero-order valence-electron chi connectivity index (χ0n) is 12.8. The van der Waals surface area contributed by atoms with E-state index in [-0.39, 0.29) is 11.4 Å². The first-order valence-corrected chi connectivity index (χ1v) is 9.43. The lowest BCUT2D eigenvalue weighted by atomic mass is 10.1. The lowest BCUT2D eigenvalue weighted by Crippen LogP contribution is -2.34. The second-order valence-corrected chi connectivity index (χ2v) is 8.09. The maximum absolute atomic E-state index is 12.6. The summed E-state index contributed by atoms with van der Waals surface area (Å²) in [5, 5.41) is 6.53. The van der Waals surface area contributed by atoms with Crippen LogP contribution in [0.2, 0.25) is 0 Å². The highest BCUT2D eigenvalue weighted by molar-refractivity contribution is 7.89. The Labute approximate surface area is 143 Å². The molecule has 0 unspecified atom stereocenters. The molecule has 0 saturated carbocycles. The Morgan fingerprint density at radius 3 is 2.67 bits per heavy atom. The SMILES string of the molecule is CN(CC(=O)Nc1nccs1)S(=O)(=O)c1ccc2ccccc2c1. The standard InChI is InChI=1S/C16H15N3O3S2/c1-19(11-15(20)18-16-17-8-9-23-16)24(21,22)14-7-6-12-4-2-3-5-13(12)10-14/h2-10H,11H2,1H3,(H,17,18,20). The molecule has 0 aliphatic rings. The van der Waals surface area contributed by atoms with Crippen molar-refractivity contribution in [3.05, 3.63) is 54.0 Å². The molecule has 0 saturated heterocycles. The third-order valence-corrected chi connectivity index (χ3v) is 5.96. The van der Waals surface area contributed by atoms with Crippen molar-refractivity contribution in [3.8, 4) is 0 Å². The van der Waals surface area contributed by atoms with E-state index in [0.29, 0.717) is 5.13 Å². The maximum atomic E-state index is 12.6. The van der Waals surface area contributed by atoms with Crippen LogP contribution in [0.1, 0.15) is 0 Å². The molecule has 2 aromatic carbocycles. The number of sulfonamides is 1. The van der Waals surface area contributed by atoms with Crippen molar-refractivity contribution in [2.45, 2.75) is 4.90 Å². The number of carbonyl (C=O) groups excluding carboxylic acids is 1. The van der Waals surface area contributed by atoms with Gasteiger partial charge >= 0.3 is 0 Å². The van der Waals surface area contributed by atoms with Crippen LogP contribution in [0, 0.1) is 0 Å². The van der Waals surface area contributed by atoms with E-state index in [9.17, 15) is 13.2 Å². The summed E-state index contributed by atoms with van der Waals surface area (Å²) in [6, 6.07) is 12.4. The van der Waals surface area contributed by atoms with Gasteiger partial charge in [-0.2, -0.15) is 4.31 Å². The van der Waals surface area contributed by atoms with Gasteiger partial charge < -0.3 is 5.32 Å². The van der Waals surface area contributed by atoms with Crippen LogP contribution in [0.25, 0.3) is 10.8 Å². The van der Waals surface area contributed by atoms with Crippen molar-refractivity contribution in [1.29, 1.82) is 0 Å². The van der Waals surface area contributed by atoms with Crippen molar-refractivity contribution in [1.82, 2.24) is 9.29 Å². The van der Waals surface area contributed by atoms with Gasteiger partial charge in [0.25, 0.3) is 0 Å². The molecule has 8 heteroatoms. The molecule has 1 heterocycles. The average molecular weight is 361 g/mol.